The number of hydrogen-bond donors (Lipinski definition) is 2. The second-order valence-corrected chi connectivity index (χ2v) is 5.58. The molecule has 0 radical (unpaired) electrons. The number of aromatic nitrogens is 2. The van der Waals surface area contributed by atoms with Gasteiger partial charge in [-0.3, -0.25) is 9.36 Å². The van der Waals surface area contributed by atoms with E-state index in [1.54, 1.807) is 18.5 Å². The number of para-hydroxylation sites is 1. The Morgan fingerprint density at radius 1 is 1.09 bits per heavy atom. The van der Waals surface area contributed by atoms with E-state index in [1.165, 1.54) is 0 Å². The van der Waals surface area contributed by atoms with Gasteiger partial charge in [-0.05, 0) is 29.8 Å². The number of nitrogens with one attached hydrogen (secondary N) is 1. The number of carbonyl (C=O) groups excluding carboxylic acids is 1. The first-order chi connectivity index (χ1) is 11.2. The molecule has 5 heteroatoms. The molecule has 1 aliphatic heterocycles. The van der Waals surface area contributed by atoms with Crippen molar-refractivity contribution in [3.05, 3.63) is 72.2 Å². The van der Waals surface area contributed by atoms with E-state index in [0.717, 1.165) is 16.9 Å². The third kappa shape index (κ3) is 2.36. The number of nitrogens with zero attached hydrogens (tertiary/aromatic N) is 2. The van der Waals surface area contributed by atoms with Gasteiger partial charge in [-0.2, -0.15) is 0 Å². The van der Waals surface area contributed by atoms with Crippen LogP contribution in [0.2, 0.25) is 0 Å². The summed E-state index contributed by atoms with van der Waals surface area (Å²) >= 11 is 0. The number of carbonyl (C=O) groups is 1. The van der Waals surface area contributed by atoms with E-state index in [0.29, 0.717) is 12.2 Å². The van der Waals surface area contributed by atoms with E-state index in [9.17, 15) is 9.90 Å². The Bertz CT molecular complexity index is 854. The lowest BCUT2D eigenvalue weighted by molar-refractivity contribution is -0.116. The van der Waals surface area contributed by atoms with Gasteiger partial charge >= 0.3 is 0 Å². The fourth-order valence-electron chi connectivity index (χ4n) is 2.97. The standard InChI is InChI=1S/C18H15N3O2/c22-14-8-6-12(7-9-14)15-10-16(23)20-18-17(15)19-11-21(18)13-4-2-1-3-5-13/h1-9,11,15,22H,10H2,(H,20,23)/t15-/m0/s1. The van der Waals surface area contributed by atoms with Gasteiger partial charge in [0.05, 0.1) is 5.69 Å². The highest BCUT2D eigenvalue weighted by Crippen LogP contribution is 2.37. The van der Waals surface area contributed by atoms with Crippen molar-refractivity contribution in [2.24, 2.45) is 0 Å². The quantitative estimate of drug-likeness (QED) is 0.764. The summed E-state index contributed by atoms with van der Waals surface area (Å²) in [5, 5.41) is 12.4. The van der Waals surface area contributed by atoms with Crippen LogP contribution < -0.4 is 5.32 Å². The van der Waals surface area contributed by atoms with Gasteiger partial charge in [-0.15, -0.1) is 0 Å². The average molecular weight is 305 g/mol. The van der Waals surface area contributed by atoms with E-state index in [2.05, 4.69) is 10.3 Å². The topological polar surface area (TPSA) is 67.1 Å². The van der Waals surface area contributed by atoms with Crippen LogP contribution in [-0.2, 0) is 4.79 Å². The van der Waals surface area contributed by atoms with Crippen LogP contribution in [-0.4, -0.2) is 20.6 Å². The molecule has 3 aromatic rings. The van der Waals surface area contributed by atoms with Crippen molar-refractivity contribution in [2.45, 2.75) is 12.3 Å². The lowest BCUT2D eigenvalue weighted by Gasteiger charge is -2.23. The maximum Gasteiger partial charge on any atom is 0.226 e. The van der Waals surface area contributed by atoms with Crippen molar-refractivity contribution in [1.82, 2.24) is 9.55 Å². The molecule has 1 amide bonds. The maximum absolute atomic E-state index is 12.2. The molecule has 0 fully saturated rings. The zero-order valence-electron chi connectivity index (χ0n) is 12.3. The predicted molar refractivity (Wildman–Crippen MR) is 86.8 cm³/mol. The van der Waals surface area contributed by atoms with Gasteiger partial charge in [0.1, 0.15) is 17.9 Å². The van der Waals surface area contributed by atoms with Gasteiger partial charge in [-0.1, -0.05) is 30.3 Å². The third-order valence-corrected chi connectivity index (χ3v) is 4.10. The van der Waals surface area contributed by atoms with Crippen LogP contribution in [0.3, 0.4) is 0 Å². The summed E-state index contributed by atoms with van der Waals surface area (Å²) in [4.78, 5) is 16.7. The number of rotatable bonds is 2. The Labute approximate surface area is 133 Å². The molecular weight excluding hydrogens is 290 g/mol. The van der Waals surface area contributed by atoms with Gasteiger partial charge in [0, 0.05) is 18.0 Å². The molecule has 1 aromatic heterocycles. The number of fused-ring (bicyclic) bond motifs is 1. The molecule has 1 atom stereocenters. The number of phenolic OH excluding ortho intramolecular Hbond substituents is 1. The largest absolute Gasteiger partial charge is 0.508 e. The summed E-state index contributed by atoms with van der Waals surface area (Å²) in [6, 6.07) is 16.7. The van der Waals surface area contributed by atoms with Crippen molar-refractivity contribution in [3.63, 3.8) is 0 Å². The summed E-state index contributed by atoms with van der Waals surface area (Å²) in [6.45, 7) is 0. The van der Waals surface area contributed by atoms with Crippen LogP contribution in [0, 0.1) is 0 Å². The molecule has 4 rings (SSSR count). The van der Waals surface area contributed by atoms with Crippen molar-refractivity contribution in [1.29, 1.82) is 0 Å². The summed E-state index contributed by atoms with van der Waals surface area (Å²) in [6.07, 6.45) is 2.09. The van der Waals surface area contributed by atoms with Gasteiger partial charge in [0.15, 0.2) is 0 Å². The third-order valence-electron chi connectivity index (χ3n) is 4.10. The summed E-state index contributed by atoms with van der Waals surface area (Å²) < 4.78 is 1.89. The van der Waals surface area contributed by atoms with E-state index in [-0.39, 0.29) is 17.6 Å². The predicted octanol–water partition coefficient (Wildman–Crippen LogP) is 3.05. The lowest BCUT2D eigenvalue weighted by Crippen LogP contribution is -2.24. The maximum atomic E-state index is 12.2. The van der Waals surface area contributed by atoms with E-state index >= 15 is 0 Å². The fraction of sp³-hybridized carbons (Fsp3) is 0.111. The first-order valence-corrected chi connectivity index (χ1v) is 7.44. The number of phenols is 1. The molecule has 0 saturated carbocycles. The Morgan fingerprint density at radius 3 is 2.57 bits per heavy atom. The van der Waals surface area contributed by atoms with Gasteiger partial charge in [-0.25, -0.2) is 4.98 Å². The highest BCUT2D eigenvalue weighted by molar-refractivity contribution is 5.94. The number of hydrogen-bond acceptors (Lipinski definition) is 3. The van der Waals surface area contributed by atoms with Gasteiger partial charge < -0.3 is 10.4 Å². The number of imidazole rings is 1. The molecule has 23 heavy (non-hydrogen) atoms. The smallest absolute Gasteiger partial charge is 0.226 e. The monoisotopic (exact) mass is 305 g/mol. The molecule has 0 bridgehead atoms. The highest BCUT2D eigenvalue weighted by atomic mass is 16.3. The van der Waals surface area contributed by atoms with Crippen LogP contribution in [0.5, 0.6) is 5.75 Å². The Hall–Kier alpha value is -3.08. The molecule has 0 unspecified atom stereocenters. The highest BCUT2D eigenvalue weighted by Gasteiger charge is 2.30. The zero-order chi connectivity index (χ0) is 15.8. The minimum Gasteiger partial charge on any atom is -0.508 e. The normalized spacial score (nSPS) is 16.7. The molecule has 2 aromatic carbocycles. The minimum absolute atomic E-state index is 0.0340. The van der Waals surface area contributed by atoms with Gasteiger partial charge in [0.2, 0.25) is 5.91 Å². The minimum atomic E-state index is -0.107. The van der Waals surface area contributed by atoms with Crippen LogP contribution in [0.15, 0.2) is 60.9 Å². The number of aromatic hydroxyl groups is 1. The Morgan fingerprint density at radius 2 is 1.83 bits per heavy atom. The molecule has 5 nitrogen and oxygen atoms in total. The number of amides is 1. The van der Waals surface area contributed by atoms with Crippen molar-refractivity contribution in [2.75, 3.05) is 5.32 Å². The zero-order valence-corrected chi connectivity index (χ0v) is 12.3. The van der Waals surface area contributed by atoms with Crippen LogP contribution in [0.4, 0.5) is 5.82 Å². The molecule has 0 aliphatic carbocycles. The van der Waals surface area contributed by atoms with E-state index in [4.69, 9.17) is 0 Å². The Balaban J connectivity index is 1.81. The van der Waals surface area contributed by atoms with Crippen molar-refractivity contribution >= 4 is 11.7 Å². The van der Waals surface area contributed by atoms with Crippen molar-refractivity contribution < 1.29 is 9.90 Å². The summed E-state index contributed by atoms with van der Waals surface area (Å²) in [5.74, 6) is 0.784. The fourth-order valence-corrected chi connectivity index (χ4v) is 2.97. The van der Waals surface area contributed by atoms with Crippen LogP contribution in [0.1, 0.15) is 23.6 Å². The van der Waals surface area contributed by atoms with E-state index < -0.39 is 0 Å². The molecule has 114 valence electrons. The summed E-state index contributed by atoms with van der Waals surface area (Å²) in [7, 11) is 0. The molecule has 2 heterocycles. The SMILES string of the molecule is O=C1C[C@@H](c2ccc(O)cc2)c2ncn(-c3ccccc3)c2N1. The number of anilines is 1. The van der Waals surface area contributed by atoms with Crippen LogP contribution in [0.25, 0.3) is 5.69 Å². The second kappa shape index (κ2) is 5.28. The average Bonchev–Trinajstić information content (AvgIpc) is 2.99. The van der Waals surface area contributed by atoms with E-state index in [1.807, 2.05) is 47.0 Å². The van der Waals surface area contributed by atoms with Crippen LogP contribution >= 0.6 is 0 Å². The molecule has 1 aliphatic rings. The first kappa shape index (κ1) is 13.6. The lowest BCUT2D eigenvalue weighted by atomic mass is 9.90. The molecule has 0 saturated heterocycles. The summed E-state index contributed by atoms with van der Waals surface area (Å²) in [5.41, 5.74) is 2.77. The molecule has 2 N–H and O–H groups in total. The Kier molecular flexibility index (Phi) is 3.12. The first-order valence-electron chi connectivity index (χ1n) is 7.44. The van der Waals surface area contributed by atoms with Gasteiger partial charge in [0.25, 0.3) is 0 Å². The van der Waals surface area contributed by atoms with Crippen molar-refractivity contribution in [3.8, 4) is 11.4 Å². The molecular formula is C18H15N3O2. The second-order valence-electron chi connectivity index (χ2n) is 5.58. The number of benzene rings is 2. The molecule has 0 spiro atoms.